The molecule has 0 radical (unpaired) electrons. The quantitative estimate of drug-likeness (QED) is 0.579. The van der Waals surface area contributed by atoms with Crippen LogP contribution in [0.15, 0.2) is 6.07 Å². The molecule has 1 atom stereocenters. The van der Waals surface area contributed by atoms with E-state index in [4.69, 9.17) is 4.74 Å². The van der Waals surface area contributed by atoms with Crippen LogP contribution in [0.4, 0.5) is 5.69 Å². The predicted molar refractivity (Wildman–Crippen MR) is 138 cm³/mol. The Hall–Kier alpha value is -2.37. The Morgan fingerprint density at radius 1 is 1.20 bits per heavy atom. The lowest BCUT2D eigenvalue weighted by Crippen LogP contribution is -2.48. The van der Waals surface area contributed by atoms with E-state index >= 15 is 0 Å². The van der Waals surface area contributed by atoms with Crippen LogP contribution in [0.1, 0.15) is 74.9 Å². The van der Waals surface area contributed by atoms with Crippen molar-refractivity contribution >= 4 is 34.8 Å². The van der Waals surface area contributed by atoms with E-state index in [0.29, 0.717) is 42.8 Å². The normalized spacial score (nSPS) is 21.6. The van der Waals surface area contributed by atoms with Crippen molar-refractivity contribution in [1.29, 1.82) is 0 Å². The Kier molecular flexibility index (Phi) is 9.00. The van der Waals surface area contributed by atoms with Crippen molar-refractivity contribution in [1.82, 2.24) is 4.90 Å². The number of hydrogen-bond acceptors (Lipinski definition) is 5. The second-order valence-corrected chi connectivity index (χ2v) is 11.9. The maximum atomic E-state index is 13.8. The van der Waals surface area contributed by atoms with Gasteiger partial charge in [0.2, 0.25) is 11.8 Å². The number of aromatic carboxylic acids is 1. The summed E-state index contributed by atoms with van der Waals surface area (Å²) in [5, 5.41) is 9.97. The van der Waals surface area contributed by atoms with Crippen molar-refractivity contribution in [2.24, 2.45) is 23.2 Å². The first-order chi connectivity index (χ1) is 16.5. The largest absolute Gasteiger partial charge is 0.477 e. The van der Waals surface area contributed by atoms with Crippen LogP contribution in [0.25, 0.3) is 0 Å². The first-order valence-corrected chi connectivity index (χ1v) is 13.4. The molecule has 7 nitrogen and oxygen atoms in total. The van der Waals surface area contributed by atoms with Crippen LogP contribution < -0.4 is 4.90 Å². The van der Waals surface area contributed by atoms with Crippen LogP contribution in [0, 0.1) is 35.0 Å². The van der Waals surface area contributed by atoms with Gasteiger partial charge in [-0.2, -0.15) is 0 Å². The molecule has 0 aromatic carbocycles. The zero-order valence-electron chi connectivity index (χ0n) is 21.6. The van der Waals surface area contributed by atoms with Gasteiger partial charge < -0.3 is 19.6 Å². The number of carbonyl (C=O) groups is 3. The number of anilines is 1. The Bertz CT molecular complexity index is 985. The maximum Gasteiger partial charge on any atom is 0.348 e. The third-order valence-electron chi connectivity index (χ3n) is 6.59. The number of carbonyl (C=O) groups excluding carboxylic acids is 2. The highest BCUT2D eigenvalue weighted by molar-refractivity contribution is 7.15. The van der Waals surface area contributed by atoms with Crippen LogP contribution in [-0.2, 0) is 14.3 Å². The third-order valence-corrected chi connectivity index (χ3v) is 7.62. The molecule has 1 aliphatic carbocycles. The summed E-state index contributed by atoms with van der Waals surface area (Å²) in [6, 6.07) is 1.71. The molecule has 0 unspecified atom stereocenters. The maximum absolute atomic E-state index is 13.8. The van der Waals surface area contributed by atoms with Gasteiger partial charge in [-0.3, -0.25) is 9.59 Å². The summed E-state index contributed by atoms with van der Waals surface area (Å²) >= 11 is 1.09. The summed E-state index contributed by atoms with van der Waals surface area (Å²) in [5.74, 6) is 4.97. The van der Waals surface area contributed by atoms with E-state index in [1.807, 2.05) is 27.7 Å². The molecule has 1 aromatic rings. The first-order valence-electron chi connectivity index (χ1n) is 12.5. The molecule has 2 aliphatic rings. The summed E-state index contributed by atoms with van der Waals surface area (Å²) in [6.45, 7) is 12.2. The van der Waals surface area contributed by atoms with Crippen LogP contribution in [0.3, 0.4) is 0 Å². The molecular weight excluding hydrogens is 464 g/mol. The van der Waals surface area contributed by atoms with Crippen molar-refractivity contribution < 1.29 is 24.2 Å². The minimum atomic E-state index is -1.09. The topological polar surface area (TPSA) is 87.2 Å². The smallest absolute Gasteiger partial charge is 0.348 e. The average Bonchev–Trinajstić information content (AvgIpc) is 3.25. The van der Waals surface area contributed by atoms with Crippen molar-refractivity contribution in [2.45, 2.75) is 60.3 Å². The minimum absolute atomic E-state index is 0.0387. The molecule has 1 saturated heterocycles. The molecule has 1 saturated carbocycles. The van der Waals surface area contributed by atoms with Gasteiger partial charge in [-0.1, -0.05) is 25.7 Å². The van der Waals surface area contributed by atoms with Crippen molar-refractivity contribution in [3.63, 3.8) is 0 Å². The van der Waals surface area contributed by atoms with Crippen molar-refractivity contribution in [2.75, 3.05) is 37.7 Å². The summed E-state index contributed by atoms with van der Waals surface area (Å²) in [4.78, 5) is 43.1. The van der Waals surface area contributed by atoms with Crippen molar-refractivity contribution in [3.05, 3.63) is 15.8 Å². The number of hydrogen-bond donors (Lipinski definition) is 1. The number of ether oxygens (including phenoxy) is 1. The van der Waals surface area contributed by atoms with Crippen LogP contribution in [0.2, 0.25) is 0 Å². The zero-order valence-corrected chi connectivity index (χ0v) is 22.4. The second-order valence-electron chi connectivity index (χ2n) is 10.9. The van der Waals surface area contributed by atoms with Gasteiger partial charge >= 0.3 is 5.97 Å². The molecule has 0 spiro atoms. The molecule has 2 amide bonds. The van der Waals surface area contributed by atoms with E-state index in [2.05, 4.69) is 18.8 Å². The SMILES string of the molecule is C[C@H](CN(c1cc(C#CC(C)(C)C)sc1C(=O)O)C(=O)[C@H]1CC[C@H](C)CC1)C(=O)N1CCOCC1. The van der Waals surface area contributed by atoms with Crippen molar-refractivity contribution in [3.8, 4) is 11.8 Å². The number of nitrogens with zero attached hydrogens (tertiary/aromatic N) is 2. The highest BCUT2D eigenvalue weighted by Gasteiger charge is 2.34. The van der Waals surface area contributed by atoms with Gasteiger partial charge in [0, 0.05) is 31.0 Å². The molecule has 2 heterocycles. The Labute approximate surface area is 212 Å². The fraction of sp³-hybridized carbons (Fsp3) is 0.667. The number of carboxylic acids is 1. The van der Waals surface area contributed by atoms with E-state index in [-0.39, 0.29) is 34.6 Å². The standard InChI is InChI=1S/C27H38N2O5S/c1-18-6-8-20(9-7-18)25(31)29(17-19(2)24(30)28-12-14-34-15-13-28)22-16-21(10-11-27(3,4)5)35-23(22)26(32)33/h16,18-20H,6-9,12-15,17H2,1-5H3,(H,32,33)/t18-,19-,20-/m1/s1. The summed E-state index contributed by atoms with van der Waals surface area (Å²) in [6.07, 6.45) is 3.52. The highest BCUT2D eigenvalue weighted by atomic mass is 32.1. The molecule has 1 aliphatic heterocycles. The van der Waals surface area contributed by atoms with Gasteiger partial charge in [-0.05, 0) is 58.4 Å². The van der Waals surface area contributed by atoms with Crippen LogP contribution in [0.5, 0.6) is 0 Å². The third kappa shape index (κ3) is 7.31. The molecular formula is C27H38N2O5S. The van der Waals surface area contributed by atoms with Crippen LogP contribution in [-0.4, -0.2) is 60.6 Å². The highest BCUT2D eigenvalue weighted by Crippen LogP contribution is 2.35. The minimum Gasteiger partial charge on any atom is -0.477 e. The lowest BCUT2D eigenvalue weighted by Gasteiger charge is -2.34. The number of rotatable bonds is 6. The van der Waals surface area contributed by atoms with Gasteiger partial charge in [-0.25, -0.2) is 4.79 Å². The number of carboxylic acid groups (broad SMARTS) is 1. The van der Waals surface area contributed by atoms with Gasteiger partial charge in [0.25, 0.3) is 0 Å². The Morgan fingerprint density at radius 3 is 2.40 bits per heavy atom. The summed E-state index contributed by atoms with van der Waals surface area (Å²) in [5.41, 5.74) is 0.118. The average molecular weight is 503 g/mol. The van der Waals surface area contributed by atoms with Gasteiger partial charge in [0.1, 0.15) is 4.88 Å². The summed E-state index contributed by atoms with van der Waals surface area (Å²) < 4.78 is 5.36. The van der Waals surface area contributed by atoms with E-state index in [1.165, 1.54) is 0 Å². The zero-order chi connectivity index (χ0) is 25.8. The molecule has 0 bridgehead atoms. The second kappa shape index (κ2) is 11.6. The lowest BCUT2D eigenvalue weighted by atomic mass is 9.82. The monoisotopic (exact) mass is 502 g/mol. The molecule has 35 heavy (non-hydrogen) atoms. The molecule has 8 heteroatoms. The van der Waals surface area contributed by atoms with E-state index in [9.17, 15) is 19.5 Å². The Morgan fingerprint density at radius 2 is 1.83 bits per heavy atom. The number of morpholine rings is 1. The Balaban J connectivity index is 1.94. The molecule has 192 valence electrons. The van der Waals surface area contributed by atoms with Crippen LogP contribution >= 0.6 is 11.3 Å². The molecule has 3 rings (SSSR count). The van der Waals surface area contributed by atoms with E-state index in [1.54, 1.807) is 15.9 Å². The predicted octanol–water partition coefficient (Wildman–Crippen LogP) is 4.50. The molecule has 2 fully saturated rings. The number of thiophene rings is 1. The van der Waals surface area contributed by atoms with Gasteiger partial charge in [-0.15, -0.1) is 11.3 Å². The fourth-order valence-electron chi connectivity index (χ4n) is 4.53. The molecule has 1 aromatic heterocycles. The van der Waals surface area contributed by atoms with E-state index < -0.39 is 11.9 Å². The van der Waals surface area contributed by atoms with E-state index in [0.717, 1.165) is 37.0 Å². The van der Waals surface area contributed by atoms with Gasteiger partial charge in [0.05, 0.1) is 29.7 Å². The molecule has 1 N–H and O–H groups in total. The fourth-order valence-corrected chi connectivity index (χ4v) is 5.38. The lowest BCUT2D eigenvalue weighted by molar-refractivity contribution is -0.138. The number of amides is 2. The summed E-state index contributed by atoms with van der Waals surface area (Å²) in [7, 11) is 0. The first kappa shape index (κ1) is 27.2. The van der Waals surface area contributed by atoms with Gasteiger partial charge in [0.15, 0.2) is 0 Å².